The van der Waals surface area contributed by atoms with E-state index in [1.807, 2.05) is 48.5 Å². The van der Waals surface area contributed by atoms with Gasteiger partial charge < -0.3 is 61.4 Å². The predicted octanol–water partition coefficient (Wildman–Crippen LogP) is 5.75. The minimum atomic E-state index is -2.08. The van der Waals surface area contributed by atoms with Crippen molar-refractivity contribution in [2.75, 3.05) is 46.4 Å². The van der Waals surface area contributed by atoms with Crippen LogP contribution in [0.3, 0.4) is 0 Å². The number of aliphatic hydroxyl groups is 1. The molecule has 0 fully saturated rings. The first kappa shape index (κ1) is 66.6. The lowest BCUT2D eigenvalue weighted by Gasteiger charge is -2.31. The van der Waals surface area contributed by atoms with Crippen LogP contribution in [0.25, 0.3) is 27.7 Å². The first-order chi connectivity index (χ1) is 44.0. The summed E-state index contributed by atoms with van der Waals surface area (Å²) in [5.74, 6) is -4.91. The van der Waals surface area contributed by atoms with Crippen LogP contribution in [0.2, 0.25) is 0 Å². The summed E-state index contributed by atoms with van der Waals surface area (Å²) in [6.45, 7) is 11.3. The van der Waals surface area contributed by atoms with Gasteiger partial charge in [-0.3, -0.25) is 33.6 Å². The Morgan fingerprint density at radius 3 is 2.26 bits per heavy atom. The van der Waals surface area contributed by atoms with Crippen molar-refractivity contribution in [2.24, 2.45) is 0 Å². The zero-order valence-corrected chi connectivity index (χ0v) is 52.5. The van der Waals surface area contributed by atoms with Crippen molar-refractivity contribution in [3.05, 3.63) is 165 Å². The molecule has 2 aliphatic heterocycles. The van der Waals surface area contributed by atoms with Gasteiger partial charge in [0.1, 0.15) is 43.0 Å². The van der Waals surface area contributed by atoms with Crippen LogP contribution in [0.4, 0.5) is 9.18 Å². The van der Waals surface area contributed by atoms with E-state index in [-0.39, 0.29) is 80.7 Å². The largest absolute Gasteiger partial charge is 0.493 e. The molecule has 1 aromatic heterocycles. The number of nitrogens with one attached hydrogen (secondary N) is 7. The van der Waals surface area contributed by atoms with Crippen molar-refractivity contribution in [3.8, 4) is 11.1 Å². The van der Waals surface area contributed by atoms with Gasteiger partial charge in [0.15, 0.2) is 5.60 Å². The smallest absolute Gasteiger partial charge is 0.407 e. The number of fused-ring (bicyclic) bond motifs is 5. The van der Waals surface area contributed by atoms with Crippen LogP contribution >= 0.6 is 0 Å². The number of cyclic esters (lactones) is 1. The number of aryl methyl sites for hydroxylation is 1. The Labute approximate surface area is 532 Å². The number of nitrogens with zero attached hydrogens (tertiary/aromatic N) is 2. The molecule has 0 bridgehead atoms. The second-order valence-electron chi connectivity index (χ2n) is 24.4. The fraction of sp³-hybridized carbons (Fsp3) is 0.391. The molecule has 92 heavy (non-hydrogen) atoms. The van der Waals surface area contributed by atoms with Crippen molar-refractivity contribution < 1.29 is 66.9 Å². The van der Waals surface area contributed by atoms with Crippen LogP contribution in [0, 0.1) is 12.7 Å². The fourth-order valence-electron chi connectivity index (χ4n) is 12.3. The third-order valence-corrected chi connectivity index (χ3v) is 16.8. The van der Waals surface area contributed by atoms with Gasteiger partial charge in [-0.1, -0.05) is 92.4 Å². The number of hydrogen-bond acceptors (Lipinski definition) is 15. The summed E-state index contributed by atoms with van der Waals surface area (Å²) in [5, 5.41) is 31.7. The highest BCUT2D eigenvalue weighted by Crippen LogP contribution is 2.46. The van der Waals surface area contributed by atoms with E-state index < -0.39 is 96.4 Å². The minimum Gasteiger partial charge on any atom is -0.493 e. The van der Waals surface area contributed by atoms with E-state index in [0.29, 0.717) is 60.0 Å². The Kier molecular flexibility index (Phi) is 21.0. The number of rotatable bonds is 26. The highest BCUT2D eigenvalue weighted by atomic mass is 19.1. The van der Waals surface area contributed by atoms with Crippen molar-refractivity contribution >= 4 is 70.4 Å². The van der Waals surface area contributed by atoms with Crippen LogP contribution in [-0.4, -0.2) is 139 Å². The summed E-state index contributed by atoms with van der Waals surface area (Å²) in [5.41, 5.74) is 6.24. The Bertz CT molecular complexity index is 3760. The van der Waals surface area contributed by atoms with Gasteiger partial charge in [-0.15, -0.1) is 0 Å². The number of carbonyl (C=O) groups is 9. The Hall–Kier alpha value is -9.77. The summed E-state index contributed by atoms with van der Waals surface area (Å²) in [4.78, 5) is 125. The van der Waals surface area contributed by atoms with E-state index in [1.54, 1.807) is 65.0 Å². The van der Waals surface area contributed by atoms with E-state index >= 15 is 4.39 Å². The molecule has 4 aliphatic rings. The van der Waals surface area contributed by atoms with E-state index in [1.165, 1.54) is 19.2 Å². The number of likely N-dealkylation sites (N-methyl/N-ethyl adjacent to an activating group) is 1. The van der Waals surface area contributed by atoms with E-state index in [0.717, 1.165) is 49.2 Å². The van der Waals surface area contributed by atoms with Crippen LogP contribution in [0.1, 0.15) is 123 Å². The number of aldehydes is 1. The first-order valence-electron chi connectivity index (χ1n) is 30.8. The lowest BCUT2D eigenvalue weighted by atomic mass is 9.81. The van der Waals surface area contributed by atoms with E-state index in [4.69, 9.17) is 19.2 Å². The van der Waals surface area contributed by atoms with Crippen molar-refractivity contribution in [3.63, 3.8) is 0 Å². The number of benzene rings is 4. The molecular weight excluding hydrogens is 1180 g/mol. The van der Waals surface area contributed by atoms with Crippen molar-refractivity contribution in [1.82, 2.24) is 47.1 Å². The number of ether oxygens (including phenoxy) is 3. The Morgan fingerprint density at radius 1 is 0.891 bits per heavy atom. The van der Waals surface area contributed by atoms with Gasteiger partial charge in [-0.2, -0.15) is 0 Å². The molecule has 0 saturated carbocycles. The summed E-state index contributed by atoms with van der Waals surface area (Å²) in [7, 11) is 1.36. The molecule has 3 heterocycles. The van der Waals surface area contributed by atoms with Crippen LogP contribution in [-0.2, 0) is 72.0 Å². The van der Waals surface area contributed by atoms with Crippen molar-refractivity contribution in [2.45, 2.75) is 128 Å². The summed E-state index contributed by atoms with van der Waals surface area (Å²) < 4.78 is 32.2. The van der Waals surface area contributed by atoms with Gasteiger partial charge in [0, 0.05) is 73.5 Å². The number of alkyl carbamates (subject to hydrolysis) is 1. The zero-order chi connectivity index (χ0) is 66.0. The third-order valence-electron chi connectivity index (χ3n) is 16.8. The van der Waals surface area contributed by atoms with Crippen LogP contribution in [0.5, 0.6) is 0 Å². The zero-order valence-electron chi connectivity index (χ0n) is 52.5. The molecular formula is C69H78FN9O13. The molecule has 5 aromatic rings. The molecule has 0 saturated heterocycles. The SMILES string of the molecule is C=C(CC(NC(=O)OCC1c2ccccc2-c2ccccc21)C(=O)N(C)CC(=O)NCC(=O)N[C@@H](Cc1ccccc1)C(=O)NCC(=O)NCCCCC(=O)N[C@H]1CCc2c(C)c(F)cc3nc4c(c1c23)CN/C4=C\C1=C(C=O)COC(=O)[C@]1(O)CC)OC(C)(C)C. The minimum absolute atomic E-state index is 0.00707. The molecule has 9 rings (SSSR count). The number of unbranched alkanes of at least 4 members (excludes halogenated alkanes) is 1. The number of hydrogen-bond donors (Lipinski definition) is 8. The standard InChI is InChI=1S/C69H78FN9O13/c1-8-69(89)50(42(36-80)37-90-66(69)87)30-54-63-48(32-72-54)62-52(26-25-43-40(3)51(70)31-53(77-63)61(43)62)75-57(81)24-16-17-27-71-58(82)33-74-64(85)55(29-41-18-10-9-11-19-41)76-59(83)34-73-60(84)35-79(7)65(86)56(28-39(2)92-68(4,5)6)78-67(88)91-38-49-46-22-14-12-20-44(46)45-21-13-15-23-47(45)49/h9-15,18-23,30-31,36,49,52,55-56,72,89H,2,8,16-17,24-29,32-35,37-38H2,1,3-7H3,(H,71,82)(H,73,84)(H,74,85)(H,75,81)(H,76,83)(H,78,88)/b54-30-/t52-,55-,56?,69-/m0/s1. The van der Waals surface area contributed by atoms with E-state index in [9.17, 15) is 48.3 Å². The van der Waals surface area contributed by atoms with Gasteiger partial charge in [-0.25, -0.2) is 19.0 Å². The quantitative estimate of drug-likeness (QED) is 0.0141. The first-order valence-corrected chi connectivity index (χ1v) is 30.8. The topological polar surface area (TPSA) is 302 Å². The highest BCUT2D eigenvalue weighted by Gasteiger charge is 2.45. The van der Waals surface area contributed by atoms with Crippen LogP contribution < -0.4 is 37.2 Å². The summed E-state index contributed by atoms with van der Waals surface area (Å²) >= 11 is 0. The number of carbonyl (C=O) groups excluding carboxylic acids is 9. The van der Waals surface area contributed by atoms with Gasteiger partial charge in [0.25, 0.3) is 0 Å². The maximum Gasteiger partial charge on any atom is 0.407 e. The van der Waals surface area contributed by atoms with Gasteiger partial charge in [0.2, 0.25) is 35.4 Å². The number of amides is 7. The Morgan fingerprint density at radius 2 is 1.58 bits per heavy atom. The Balaban J connectivity index is 0.742. The number of halogens is 1. The molecule has 23 heteroatoms. The normalized spacial score (nSPS) is 17.4. The molecule has 4 aromatic carbocycles. The molecule has 4 atom stereocenters. The molecule has 484 valence electrons. The maximum absolute atomic E-state index is 15.4. The lowest BCUT2D eigenvalue weighted by molar-refractivity contribution is -0.162. The van der Waals surface area contributed by atoms with Gasteiger partial charge >= 0.3 is 12.1 Å². The molecule has 0 radical (unpaired) electrons. The van der Waals surface area contributed by atoms with Gasteiger partial charge in [0.05, 0.1) is 48.3 Å². The molecule has 7 amide bonds. The lowest BCUT2D eigenvalue weighted by Crippen LogP contribution is -2.53. The third kappa shape index (κ3) is 15.5. The summed E-state index contributed by atoms with van der Waals surface area (Å²) in [6, 6.07) is 23.0. The predicted molar refractivity (Wildman–Crippen MR) is 339 cm³/mol. The molecule has 0 spiro atoms. The molecule has 8 N–H and O–H groups in total. The average Bonchev–Trinajstić information content (AvgIpc) is 1.29. The monoisotopic (exact) mass is 1260 g/mol. The van der Waals surface area contributed by atoms with Crippen molar-refractivity contribution in [1.29, 1.82) is 0 Å². The molecule has 2 aliphatic carbocycles. The summed E-state index contributed by atoms with van der Waals surface area (Å²) in [6.07, 6.45) is 2.87. The maximum atomic E-state index is 15.4. The molecule has 22 nitrogen and oxygen atoms in total. The van der Waals surface area contributed by atoms with Gasteiger partial charge in [-0.05, 0) is 110 Å². The highest BCUT2D eigenvalue weighted by molar-refractivity contribution is 5.97. The number of esters is 1. The average molecular weight is 1260 g/mol. The second kappa shape index (κ2) is 29.0. The molecule has 1 unspecified atom stereocenters. The number of aromatic nitrogens is 1. The fourth-order valence-corrected chi connectivity index (χ4v) is 12.3. The second-order valence-corrected chi connectivity index (χ2v) is 24.4. The van der Waals surface area contributed by atoms with Crippen LogP contribution in [0.15, 0.2) is 114 Å². The van der Waals surface area contributed by atoms with E-state index in [2.05, 4.69) is 43.8 Å². The number of pyridine rings is 1.